The molecule has 1 N–H and O–H groups in total. The van der Waals surface area contributed by atoms with Crippen molar-refractivity contribution in [1.29, 1.82) is 0 Å². The number of methoxy groups -OCH3 is 1. The van der Waals surface area contributed by atoms with Crippen molar-refractivity contribution >= 4 is 18.0 Å². The number of rotatable bonds is 12. The molecule has 1 fully saturated rings. The third-order valence-electron chi connectivity index (χ3n) is 7.57. The van der Waals surface area contributed by atoms with Crippen LogP contribution in [0.5, 0.6) is 0 Å². The second-order valence-corrected chi connectivity index (χ2v) is 12.0. The molecule has 9 heteroatoms. The molecule has 1 aliphatic heterocycles. The van der Waals surface area contributed by atoms with Gasteiger partial charge in [0, 0.05) is 6.54 Å². The Morgan fingerprint density at radius 2 is 1.18 bits per heavy atom. The van der Waals surface area contributed by atoms with Gasteiger partial charge in [-0.1, -0.05) is 91.0 Å². The van der Waals surface area contributed by atoms with E-state index in [-0.39, 0.29) is 45.8 Å². The van der Waals surface area contributed by atoms with E-state index in [1.54, 1.807) is 20.8 Å². The third-order valence-corrected chi connectivity index (χ3v) is 7.57. The van der Waals surface area contributed by atoms with Crippen molar-refractivity contribution in [2.45, 2.75) is 70.1 Å². The van der Waals surface area contributed by atoms with Crippen LogP contribution in [0, 0.1) is 0 Å². The summed E-state index contributed by atoms with van der Waals surface area (Å²) in [5, 5.41) is 2.99. The van der Waals surface area contributed by atoms with E-state index < -0.39 is 34.6 Å². The molecule has 0 aromatic heterocycles. The van der Waals surface area contributed by atoms with Gasteiger partial charge in [0.05, 0.1) is 33.5 Å². The number of hydrogen-bond donors (Lipinski definition) is 1. The summed E-state index contributed by atoms with van der Waals surface area (Å²) in [4.78, 5) is 43.4. The maximum absolute atomic E-state index is 14.3. The standard InChI is InChI=1S/C35H42N2O7/c1-33(2,3)44-32(40)37-34(25-42-23-28-16-10-6-11-17-28,30(38)36-22-27-14-8-5-9-15-27)20-21-35(37,31(39)41-4)26-43-24-29-18-12-7-13-19-29/h5-19H,20-26H2,1-4H3,(H,36,38). The van der Waals surface area contributed by atoms with Crippen LogP contribution in [0.25, 0.3) is 0 Å². The normalized spacial score (nSPS) is 19.8. The summed E-state index contributed by atoms with van der Waals surface area (Å²) in [6.07, 6.45) is -0.617. The summed E-state index contributed by atoms with van der Waals surface area (Å²) in [5.74, 6) is -1.16. The Kier molecular flexibility index (Phi) is 10.8. The Labute approximate surface area is 259 Å². The molecule has 3 aromatic carbocycles. The third kappa shape index (κ3) is 7.84. The highest BCUT2D eigenvalue weighted by atomic mass is 16.6. The molecule has 2 amide bonds. The summed E-state index contributed by atoms with van der Waals surface area (Å²) >= 11 is 0. The predicted molar refractivity (Wildman–Crippen MR) is 165 cm³/mol. The van der Waals surface area contributed by atoms with E-state index in [9.17, 15) is 14.4 Å². The van der Waals surface area contributed by atoms with E-state index in [2.05, 4.69) is 5.32 Å². The topological polar surface area (TPSA) is 103 Å². The van der Waals surface area contributed by atoms with E-state index in [4.69, 9.17) is 18.9 Å². The van der Waals surface area contributed by atoms with Gasteiger partial charge < -0.3 is 24.3 Å². The van der Waals surface area contributed by atoms with Gasteiger partial charge in [0.2, 0.25) is 5.91 Å². The molecule has 1 heterocycles. The van der Waals surface area contributed by atoms with Gasteiger partial charge in [-0.2, -0.15) is 0 Å². The van der Waals surface area contributed by atoms with Gasteiger partial charge in [-0.05, 0) is 50.3 Å². The molecule has 1 aliphatic rings. The van der Waals surface area contributed by atoms with Crippen LogP contribution in [-0.4, -0.2) is 59.9 Å². The molecule has 2 atom stereocenters. The largest absolute Gasteiger partial charge is 0.467 e. The molecule has 0 bridgehead atoms. The van der Waals surface area contributed by atoms with E-state index in [0.29, 0.717) is 0 Å². The Bertz CT molecular complexity index is 1380. The lowest BCUT2D eigenvalue weighted by Crippen LogP contribution is -2.68. The number of benzene rings is 3. The number of likely N-dealkylation sites (tertiary alicyclic amines) is 1. The summed E-state index contributed by atoms with van der Waals surface area (Å²) in [6, 6.07) is 28.5. The van der Waals surface area contributed by atoms with Gasteiger partial charge in [0.15, 0.2) is 5.54 Å². The number of nitrogens with zero attached hydrogens (tertiary/aromatic N) is 1. The quantitative estimate of drug-likeness (QED) is 0.276. The minimum Gasteiger partial charge on any atom is -0.467 e. The first kappa shape index (κ1) is 32.7. The van der Waals surface area contributed by atoms with Crippen molar-refractivity contribution in [3.05, 3.63) is 108 Å². The van der Waals surface area contributed by atoms with Crippen molar-refractivity contribution in [2.75, 3.05) is 20.3 Å². The molecule has 0 spiro atoms. The Hall–Kier alpha value is -4.21. The fourth-order valence-electron chi connectivity index (χ4n) is 5.47. The van der Waals surface area contributed by atoms with Crippen molar-refractivity contribution in [3.8, 4) is 0 Å². The molecule has 0 aliphatic carbocycles. The van der Waals surface area contributed by atoms with Gasteiger partial charge in [0.25, 0.3) is 0 Å². The summed E-state index contributed by atoms with van der Waals surface area (Å²) < 4.78 is 23.4. The lowest BCUT2D eigenvalue weighted by atomic mass is 9.95. The molecule has 234 valence electrons. The highest BCUT2D eigenvalue weighted by Crippen LogP contribution is 2.44. The average molecular weight is 603 g/mol. The zero-order valence-electron chi connectivity index (χ0n) is 25.9. The maximum atomic E-state index is 14.3. The number of carbonyl (C=O) groups excluding carboxylic acids is 3. The van der Waals surface area contributed by atoms with Gasteiger partial charge in [-0.25, -0.2) is 9.59 Å². The van der Waals surface area contributed by atoms with Gasteiger partial charge in [0.1, 0.15) is 11.1 Å². The van der Waals surface area contributed by atoms with Crippen LogP contribution >= 0.6 is 0 Å². The Balaban J connectivity index is 1.72. The summed E-state index contributed by atoms with van der Waals surface area (Å²) in [7, 11) is 1.26. The summed E-state index contributed by atoms with van der Waals surface area (Å²) in [5.41, 5.74) is -1.48. The van der Waals surface area contributed by atoms with Crippen LogP contribution < -0.4 is 5.32 Å². The highest BCUT2D eigenvalue weighted by molar-refractivity contribution is 5.96. The SMILES string of the molecule is COC(=O)C1(COCc2ccccc2)CCC(COCc2ccccc2)(C(=O)NCc2ccccc2)N1C(=O)OC(C)(C)C. The Morgan fingerprint density at radius 3 is 1.66 bits per heavy atom. The molecule has 2 unspecified atom stereocenters. The second kappa shape index (κ2) is 14.5. The van der Waals surface area contributed by atoms with Gasteiger partial charge >= 0.3 is 12.1 Å². The molecular formula is C35H42N2O7. The van der Waals surface area contributed by atoms with Crippen LogP contribution in [0.15, 0.2) is 91.0 Å². The number of carbonyl (C=O) groups is 3. The van der Waals surface area contributed by atoms with Crippen LogP contribution in [0.3, 0.4) is 0 Å². The smallest absolute Gasteiger partial charge is 0.412 e. The van der Waals surface area contributed by atoms with Crippen LogP contribution in [0.1, 0.15) is 50.3 Å². The minimum absolute atomic E-state index is 0.0984. The molecule has 9 nitrogen and oxygen atoms in total. The van der Waals surface area contributed by atoms with Gasteiger partial charge in [-0.15, -0.1) is 0 Å². The summed E-state index contributed by atoms with van der Waals surface area (Å²) in [6.45, 7) is 5.42. The number of esters is 1. The highest BCUT2D eigenvalue weighted by Gasteiger charge is 2.66. The fourth-order valence-corrected chi connectivity index (χ4v) is 5.47. The monoisotopic (exact) mass is 602 g/mol. The molecular weight excluding hydrogens is 560 g/mol. The van der Waals surface area contributed by atoms with Crippen LogP contribution in [-0.2, 0) is 48.3 Å². The number of amides is 2. The molecule has 0 saturated carbocycles. The van der Waals surface area contributed by atoms with E-state index in [0.717, 1.165) is 16.7 Å². The lowest BCUT2D eigenvalue weighted by Gasteiger charge is -2.44. The van der Waals surface area contributed by atoms with Crippen LogP contribution in [0.4, 0.5) is 4.79 Å². The van der Waals surface area contributed by atoms with E-state index in [1.165, 1.54) is 12.0 Å². The minimum atomic E-state index is -1.65. The zero-order chi connectivity index (χ0) is 31.6. The average Bonchev–Trinajstić information content (AvgIpc) is 3.36. The van der Waals surface area contributed by atoms with Crippen molar-refractivity contribution in [3.63, 3.8) is 0 Å². The molecule has 1 saturated heterocycles. The fraction of sp³-hybridized carbons (Fsp3) is 0.400. The first-order valence-electron chi connectivity index (χ1n) is 14.8. The van der Waals surface area contributed by atoms with Crippen molar-refractivity contribution in [2.24, 2.45) is 0 Å². The predicted octanol–water partition coefficient (Wildman–Crippen LogP) is 5.42. The number of nitrogens with one attached hydrogen (secondary N) is 1. The Morgan fingerprint density at radius 1 is 0.727 bits per heavy atom. The van der Waals surface area contributed by atoms with E-state index >= 15 is 0 Å². The molecule has 44 heavy (non-hydrogen) atoms. The zero-order valence-corrected chi connectivity index (χ0v) is 25.9. The number of hydrogen-bond acceptors (Lipinski definition) is 7. The second-order valence-electron chi connectivity index (χ2n) is 12.0. The number of ether oxygens (including phenoxy) is 4. The van der Waals surface area contributed by atoms with E-state index in [1.807, 2.05) is 91.0 Å². The first-order valence-corrected chi connectivity index (χ1v) is 14.8. The van der Waals surface area contributed by atoms with Gasteiger partial charge in [-0.3, -0.25) is 9.69 Å². The first-order chi connectivity index (χ1) is 21.1. The molecule has 3 aromatic rings. The molecule has 4 rings (SSSR count). The van der Waals surface area contributed by atoms with Crippen molar-refractivity contribution in [1.82, 2.24) is 10.2 Å². The van der Waals surface area contributed by atoms with Crippen LogP contribution in [0.2, 0.25) is 0 Å². The maximum Gasteiger partial charge on any atom is 0.412 e. The lowest BCUT2D eigenvalue weighted by molar-refractivity contribution is -0.164. The molecule has 0 radical (unpaired) electrons. The van der Waals surface area contributed by atoms with Crippen molar-refractivity contribution < 1.29 is 33.3 Å².